The molecule has 0 saturated carbocycles. The van der Waals surface area contributed by atoms with Gasteiger partial charge in [-0.25, -0.2) is 10.8 Å². The van der Waals surface area contributed by atoms with E-state index in [0.29, 0.717) is 16.6 Å². The smallest absolute Gasteiger partial charge is 0.143 e. The number of rotatable bonds is 3. The minimum Gasteiger partial charge on any atom is -0.457 e. The second kappa shape index (κ2) is 5.36. The minimum absolute atomic E-state index is 0.542. The first kappa shape index (κ1) is 12.7. The van der Waals surface area contributed by atoms with Crippen LogP contribution in [0.15, 0.2) is 54.7 Å². The number of nitrogens with two attached hydrogens (primary N) is 1. The maximum atomic E-state index is 6.19. The van der Waals surface area contributed by atoms with Crippen molar-refractivity contribution in [2.24, 2.45) is 5.84 Å². The number of aromatic nitrogens is 1. The Morgan fingerprint density at radius 3 is 2.65 bits per heavy atom. The number of halogens is 1. The number of nitrogen functional groups attached to an aromatic ring is 1. The van der Waals surface area contributed by atoms with Crippen molar-refractivity contribution in [2.45, 2.75) is 0 Å². The van der Waals surface area contributed by atoms with Gasteiger partial charge in [0.1, 0.15) is 17.3 Å². The van der Waals surface area contributed by atoms with Crippen molar-refractivity contribution in [1.82, 2.24) is 4.98 Å². The summed E-state index contributed by atoms with van der Waals surface area (Å²) in [6.45, 7) is 0. The Labute approximate surface area is 121 Å². The quantitative estimate of drug-likeness (QED) is 0.565. The molecule has 0 atom stereocenters. The van der Waals surface area contributed by atoms with E-state index < -0.39 is 0 Å². The van der Waals surface area contributed by atoms with Crippen LogP contribution in [-0.4, -0.2) is 4.98 Å². The highest BCUT2D eigenvalue weighted by atomic mass is 35.5. The number of benzene rings is 2. The lowest BCUT2D eigenvalue weighted by molar-refractivity contribution is 0.488. The number of pyridine rings is 1. The number of ether oxygens (including phenoxy) is 1. The molecular weight excluding hydrogens is 274 g/mol. The number of hydrogen-bond acceptors (Lipinski definition) is 4. The molecule has 0 spiro atoms. The van der Waals surface area contributed by atoms with Crippen molar-refractivity contribution in [3.8, 4) is 11.5 Å². The third-order valence-electron chi connectivity index (χ3n) is 2.94. The standard InChI is InChI=1S/C15H12ClN3O/c16-13-5-6-14(12-4-2-1-3-11(12)13)20-10-7-8-18-15(9-10)19-17/h1-9H,17H2,(H,18,19). The van der Waals surface area contributed by atoms with Crippen LogP contribution in [0.4, 0.5) is 5.82 Å². The molecule has 100 valence electrons. The molecule has 0 fully saturated rings. The summed E-state index contributed by atoms with van der Waals surface area (Å²) in [6, 6.07) is 15.0. The van der Waals surface area contributed by atoms with E-state index in [0.717, 1.165) is 16.5 Å². The van der Waals surface area contributed by atoms with Crippen molar-refractivity contribution in [3.05, 3.63) is 59.8 Å². The zero-order chi connectivity index (χ0) is 13.9. The highest BCUT2D eigenvalue weighted by molar-refractivity contribution is 6.35. The molecule has 0 bridgehead atoms. The Morgan fingerprint density at radius 2 is 1.85 bits per heavy atom. The molecule has 1 heterocycles. The summed E-state index contributed by atoms with van der Waals surface area (Å²) in [6.07, 6.45) is 1.63. The number of nitrogens with one attached hydrogen (secondary N) is 1. The molecule has 1 aromatic heterocycles. The monoisotopic (exact) mass is 285 g/mol. The molecule has 2 aromatic carbocycles. The molecule has 4 nitrogen and oxygen atoms in total. The van der Waals surface area contributed by atoms with Gasteiger partial charge in [-0.15, -0.1) is 0 Å². The molecule has 0 unspecified atom stereocenters. The van der Waals surface area contributed by atoms with Crippen molar-refractivity contribution in [2.75, 3.05) is 5.43 Å². The molecule has 0 aliphatic carbocycles. The average Bonchev–Trinajstić information content (AvgIpc) is 2.51. The molecule has 0 aliphatic rings. The maximum absolute atomic E-state index is 6.19. The van der Waals surface area contributed by atoms with Crippen LogP contribution in [0.25, 0.3) is 10.8 Å². The normalized spacial score (nSPS) is 10.5. The number of anilines is 1. The summed E-state index contributed by atoms with van der Waals surface area (Å²) >= 11 is 6.19. The topological polar surface area (TPSA) is 60.2 Å². The zero-order valence-electron chi connectivity index (χ0n) is 10.5. The largest absolute Gasteiger partial charge is 0.457 e. The van der Waals surface area contributed by atoms with E-state index in [1.54, 1.807) is 18.3 Å². The second-order valence-corrected chi connectivity index (χ2v) is 4.62. The number of hydrogen-bond donors (Lipinski definition) is 2. The van der Waals surface area contributed by atoms with Gasteiger partial charge < -0.3 is 10.2 Å². The second-order valence-electron chi connectivity index (χ2n) is 4.21. The first-order valence-corrected chi connectivity index (χ1v) is 6.43. The molecule has 5 heteroatoms. The molecule has 3 rings (SSSR count). The fraction of sp³-hybridized carbons (Fsp3) is 0. The van der Waals surface area contributed by atoms with Crippen molar-refractivity contribution >= 4 is 28.2 Å². The average molecular weight is 286 g/mol. The zero-order valence-corrected chi connectivity index (χ0v) is 11.3. The molecule has 0 aliphatic heterocycles. The van der Waals surface area contributed by atoms with Gasteiger partial charge in [-0.2, -0.15) is 0 Å². The minimum atomic E-state index is 0.542. The molecule has 20 heavy (non-hydrogen) atoms. The van der Waals surface area contributed by atoms with E-state index in [9.17, 15) is 0 Å². The summed E-state index contributed by atoms with van der Waals surface area (Å²) in [5, 5.41) is 2.61. The van der Waals surface area contributed by atoms with E-state index in [1.807, 2.05) is 36.4 Å². The van der Waals surface area contributed by atoms with E-state index in [2.05, 4.69) is 10.4 Å². The van der Waals surface area contributed by atoms with Crippen molar-refractivity contribution < 1.29 is 4.74 Å². The van der Waals surface area contributed by atoms with Crippen LogP contribution in [-0.2, 0) is 0 Å². The molecule has 0 amide bonds. The van der Waals surface area contributed by atoms with Gasteiger partial charge in [-0.3, -0.25) is 0 Å². The van der Waals surface area contributed by atoms with E-state index in [4.69, 9.17) is 22.2 Å². The summed E-state index contributed by atoms with van der Waals surface area (Å²) in [5.74, 6) is 7.27. The Morgan fingerprint density at radius 1 is 1.05 bits per heavy atom. The van der Waals surface area contributed by atoms with Gasteiger partial charge in [0.25, 0.3) is 0 Å². The number of nitrogens with zero attached hydrogens (tertiary/aromatic N) is 1. The molecule has 0 radical (unpaired) electrons. The van der Waals surface area contributed by atoms with Crippen LogP contribution >= 0.6 is 11.6 Å². The van der Waals surface area contributed by atoms with Gasteiger partial charge in [0.15, 0.2) is 0 Å². The molecule has 0 saturated heterocycles. The molecular formula is C15H12ClN3O. The van der Waals surface area contributed by atoms with Crippen LogP contribution in [0, 0.1) is 0 Å². The molecule has 3 aromatic rings. The Hall–Kier alpha value is -2.30. The highest BCUT2D eigenvalue weighted by Gasteiger charge is 2.06. The van der Waals surface area contributed by atoms with Crippen molar-refractivity contribution in [3.63, 3.8) is 0 Å². The first-order chi connectivity index (χ1) is 9.78. The maximum Gasteiger partial charge on any atom is 0.143 e. The van der Waals surface area contributed by atoms with Crippen LogP contribution in [0.3, 0.4) is 0 Å². The summed E-state index contributed by atoms with van der Waals surface area (Å²) in [7, 11) is 0. The van der Waals surface area contributed by atoms with Crippen LogP contribution in [0.2, 0.25) is 5.02 Å². The van der Waals surface area contributed by atoms with Gasteiger partial charge >= 0.3 is 0 Å². The predicted octanol–water partition coefficient (Wildman–Crippen LogP) is 3.97. The van der Waals surface area contributed by atoms with Crippen molar-refractivity contribution in [1.29, 1.82) is 0 Å². The lowest BCUT2D eigenvalue weighted by Crippen LogP contribution is -2.08. The van der Waals surface area contributed by atoms with Crippen LogP contribution in [0.5, 0.6) is 11.5 Å². The Balaban J connectivity index is 2.04. The van der Waals surface area contributed by atoms with Gasteiger partial charge in [0.2, 0.25) is 0 Å². The van der Waals surface area contributed by atoms with Gasteiger partial charge in [-0.05, 0) is 18.2 Å². The Kier molecular flexibility index (Phi) is 3.41. The van der Waals surface area contributed by atoms with Gasteiger partial charge in [0, 0.05) is 28.1 Å². The summed E-state index contributed by atoms with van der Waals surface area (Å²) in [5.41, 5.74) is 2.49. The lowest BCUT2D eigenvalue weighted by Gasteiger charge is -2.10. The SMILES string of the molecule is NNc1cc(Oc2ccc(Cl)c3ccccc23)ccn1. The fourth-order valence-electron chi connectivity index (χ4n) is 2.00. The summed E-state index contributed by atoms with van der Waals surface area (Å²) < 4.78 is 5.89. The summed E-state index contributed by atoms with van der Waals surface area (Å²) in [4.78, 5) is 4.04. The van der Waals surface area contributed by atoms with Gasteiger partial charge in [0.05, 0.1) is 0 Å². The number of hydrazine groups is 1. The van der Waals surface area contributed by atoms with E-state index in [-0.39, 0.29) is 0 Å². The number of fused-ring (bicyclic) bond motifs is 1. The lowest BCUT2D eigenvalue weighted by atomic mass is 10.1. The van der Waals surface area contributed by atoms with E-state index >= 15 is 0 Å². The van der Waals surface area contributed by atoms with Crippen LogP contribution < -0.4 is 16.0 Å². The predicted molar refractivity (Wildman–Crippen MR) is 81.1 cm³/mol. The first-order valence-electron chi connectivity index (χ1n) is 6.06. The van der Waals surface area contributed by atoms with E-state index in [1.165, 1.54) is 0 Å². The van der Waals surface area contributed by atoms with Gasteiger partial charge in [-0.1, -0.05) is 35.9 Å². The third kappa shape index (κ3) is 2.39. The van der Waals surface area contributed by atoms with Crippen LogP contribution in [0.1, 0.15) is 0 Å². The fourth-order valence-corrected chi connectivity index (χ4v) is 2.23. The highest BCUT2D eigenvalue weighted by Crippen LogP contribution is 2.34. The Bertz CT molecular complexity index is 761. The third-order valence-corrected chi connectivity index (χ3v) is 3.27. The molecule has 3 N–H and O–H groups in total.